The summed E-state index contributed by atoms with van der Waals surface area (Å²) in [5.74, 6) is -9.58. The van der Waals surface area contributed by atoms with Gasteiger partial charge in [0, 0.05) is 23.1 Å². The first-order valence-corrected chi connectivity index (χ1v) is 13.4. The molecule has 15 heteroatoms. The largest absolute Gasteiger partial charge is 0.508 e. The summed E-state index contributed by atoms with van der Waals surface area (Å²) >= 11 is 0. The molecule has 5 atom stereocenters. The number of benzene rings is 1. The number of halogens is 3. The first-order chi connectivity index (χ1) is 19.2. The van der Waals surface area contributed by atoms with Crippen molar-refractivity contribution in [3.63, 3.8) is 0 Å². The molecule has 3 aliphatic carbocycles. The number of nitrogens with zero attached hydrogens (tertiary/aromatic N) is 2. The van der Waals surface area contributed by atoms with E-state index >= 15 is 4.39 Å². The lowest BCUT2D eigenvalue weighted by atomic mass is 9.57. The molecule has 1 aromatic rings. The third kappa shape index (κ3) is 5.06. The SMILES string of the molecule is CN(C)[C@@H]1C(=O)C(C(N)=O)=C(O)[C@@]2(O)C(=O)C3=C(O)c4c(O)c(NC(=O)[C@@H]5CCCCN5C)cc(F)c4C[C@H]3C[C@@H]12.Cl.Cl. The average molecular weight is 646 g/mol. The summed E-state index contributed by atoms with van der Waals surface area (Å²) in [6, 6.07) is -0.784. The number of piperidine rings is 1. The van der Waals surface area contributed by atoms with Crippen LogP contribution in [0.1, 0.15) is 36.8 Å². The number of hydrogen-bond acceptors (Lipinski definition) is 10. The minimum absolute atomic E-state index is 0. The molecule has 0 radical (unpaired) electrons. The molecule has 0 unspecified atom stereocenters. The highest BCUT2D eigenvalue weighted by molar-refractivity contribution is 6.24. The van der Waals surface area contributed by atoms with Crippen LogP contribution in [0, 0.1) is 17.7 Å². The Hall–Kier alpha value is -3.23. The number of aliphatic hydroxyl groups is 3. The zero-order valence-corrected chi connectivity index (χ0v) is 25.4. The van der Waals surface area contributed by atoms with Crippen molar-refractivity contribution in [3.05, 3.63) is 39.9 Å². The molecule has 7 N–H and O–H groups in total. The Morgan fingerprint density at radius 3 is 2.40 bits per heavy atom. The second-order valence-electron chi connectivity index (χ2n) is 11.6. The van der Waals surface area contributed by atoms with Crippen LogP contribution < -0.4 is 11.1 Å². The molecular formula is C28H35Cl2FN4O8. The van der Waals surface area contributed by atoms with Gasteiger partial charge in [-0.3, -0.25) is 29.0 Å². The highest BCUT2D eigenvalue weighted by atomic mass is 35.5. The molecule has 5 rings (SSSR count). The van der Waals surface area contributed by atoms with Crippen LogP contribution in [0.4, 0.5) is 10.1 Å². The van der Waals surface area contributed by atoms with E-state index in [2.05, 4.69) is 5.32 Å². The fourth-order valence-corrected chi connectivity index (χ4v) is 6.98. The predicted molar refractivity (Wildman–Crippen MR) is 158 cm³/mol. The Morgan fingerprint density at radius 1 is 1.16 bits per heavy atom. The van der Waals surface area contributed by atoms with E-state index in [1.54, 1.807) is 7.05 Å². The number of Topliss-reactive ketones (excluding diaryl/α,β-unsaturated/α-hetero) is 2. The smallest absolute Gasteiger partial charge is 0.255 e. The zero-order chi connectivity index (χ0) is 30.1. The molecule has 12 nitrogen and oxygen atoms in total. The molecule has 0 spiro atoms. The van der Waals surface area contributed by atoms with Crippen molar-refractivity contribution in [1.82, 2.24) is 9.80 Å². The maximum atomic E-state index is 15.5. The number of aliphatic hydroxyl groups excluding tert-OH is 2. The van der Waals surface area contributed by atoms with E-state index in [9.17, 15) is 39.6 Å². The third-order valence-electron chi connectivity index (χ3n) is 9.00. The Labute approximate surface area is 259 Å². The first kappa shape index (κ1) is 34.3. The molecule has 2 fully saturated rings. The quantitative estimate of drug-likeness (QED) is 0.206. The van der Waals surface area contributed by atoms with Crippen LogP contribution in [0.25, 0.3) is 5.76 Å². The maximum absolute atomic E-state index is 15.5. The van der Waals surface area contributed by atoms with Gasteiger partial charge in [0.1, 0.15) is 22.9 Å². The number of phenols is 1. The van der Waals surface area contributed by atoms with Crippen LogP contribution >= 0.6 is 24.8 Å². The predicted octanol–water partition coefficient (Wildman–Crippen LogP) is 1.37. The van der Waals surface area contributed by atoms with Gasteiger partial charge in [-0.25, -0.2) is 4.39 Å². The van der Waals surface area contributed by atoms with Crippen molar-refractivity contribution in [3.8, 4) is 5.75 Å². The van der Waals surface area contributed by atoms with Crippen molar-refractivity contribution in [1.29, 1.82) is 0 Å². The standard InChI is InChI=1S/C28H33FN4O8.2ClH/c1-32(2)20-13-9-11-8-12-14(29)10-15(31-27(40)16-6-4-5-7-33(16)3)21(34)18(12)22(35)17(11)24(37)28(13,41)25(38)19(23(20)36)26(30)39;;/h10-11,13,16,20,34-35,38,41H,4-9H2,1-3H3,(H2,30,39)(H,31,40);2*1H/t11-,13-,16-,20-,28-;;/m0../s1. The number of likely N-dealkylation sites (tertiary alicyclic amines) is 1. The zero-order valence-electron chi connectivity index (χ0n) is 23.7. The van der Waals surface area contributed by atoms with Gasteiger partial charge in [0.2, 0.25) is 11.7 Å². The molecule has 1 saturated carbocycles. The minimum Gasteiger partial charge on any atom is -0.508 e. The number of carbonyl (C=O) groups is 4. The molecule has 236 valence electrons. The number of phenolic OH excluding ortho intramolecular Hbond substituents is 1. The molecule has 4 aliphatic rings. The second-order valence-corrected chi connectivity index (χ2v) is 11.6. The highest BCUT2D eigenvalue weighted by Gasteiger charge is 2.64. The van der Waals surface area contributed by atoms with Gasteiger partial charge < -0.3 is 31.5 Å². The minimum atomic E-state index is -2.80. The van der Waals surface area contributed by atoms with E-state index in [-0.39, 0.29) is 48.9 Å². The van der Waals surface area contributed by atoms with Crippen LogP contribution in [0.15, 0.2) is 23.0 Å². The van der Waals surface area contributed by atoms with E-state index in [0.29, 0.717) is 13.0 Å². The van der Waals surface area contributed by atoms with Crippen LogP contribution in [0.3, 0.4) is 0 Å². The topological polar surface area (TPSA) is 194 Å². The third-order valence-corrected chi connectivity index (χ3v) is 9.00. The Bertz CT molecular complexity index is 1460. The molecule has 0 aromatic heterocycles. The van der Waals surface area contributed by atoms with Gasteiger partial charge in [-0.2, -0.15) is 0 Å². The van der Waals surface area contributed by atoms with Crippen molar-refractivity contribution < 1.29 is 44.0 Å². The van der Waals surface area contributed by atoms with Crippen molar-refractivity contribution in [2.45, 2.75) is 49.8 Å². The van der Waals surface area contributed by atoms with Crippen molar-refractivity contribution >= 4 is 59.6 Å². The van der Waals surface area contributed by atoms with Gasteiger partial charge >= 0.3 is 0 Å². The Kier molecular flexibility index (Phi) is 9.60. The van der Waals surface area contributed by atoms with E-state index < -0.39 is 92.7 Å². The second kappa shape index (κ2) is 12.0. The van der Waals surface area contributed by atoms with Gasteiger partial charge in [-0.1, -0.05) is 6.42 Å². The molecule has 1 aromatic carbocycles. The van der Waals surface area contributed by atoms with Gasteiger partial charge in [0.25, 0.3) is 5.91 Å². The fraction of sp³-hybridized carbons (Fsp3) is 0.500. The van der Waals surface area contributed by atoms with E-state index in [4.69, 9.17) is 5.73 Å². The van der Waals surface area contributed by atoms with Gasteiger partial charge in [0.05, 0.1) is 23.3 Å². The molecule has 0 bridgehead atoms. The van der Waals surface area contributed by atoms with E-state index in [0.717, 1.165) is 18.9 Å². The highest BCUT2D eigenvalue weighted by Crippen LogP contribution is 2.53. The van der Waals surface area contributed by atoms with Crippen molar-refractivity contribution in [2.75, 3.05) is 33.0 Å². The fourth-order valence-electron chi connectivity index (χ4n) is 6.98. The number of primary amides is 1. The molecular weight excluding hydrogens is 610 g/mol. The Morgan fingerprint density at radius 2 is 1.81 bits per heavy atom. The first-order valence-electron chi connectivity index (χ1n) is 13.4. The number of rotatable bonds is 4. The maximum Gasteiger partial charge on any atom is 0.255 e. The van der Waals surface area contributed by atoms with E-state index in [1.807, 2.05) is 4.90 Å². The molecule has 2 amide bonds. The normalized spacial score (nSPS) is 28.8. The number of ketones is 2. The van der Waals surface area contributed by atoms with Crippen LogP contribution in [-0.2, 0) is 25.6 Å². The summed E-state index contributed by atoms with van der Waals surface area (Å²) in [4.78, 5) is 55.3. The molecule has 1 saturated heterocycles. The molecule has 1 aliphatic heterocycles. The molecule has 1 heterocycles. The number of carbonyl (C=O) groups excluding carboxylic acids is 4. The van der Waals surface area contributed by atoms with Gasteiger partial charge in [-0.05, 0) is 59.3 Å². The number of anilines is 1. The number of nitrogens with two attached hydrogens (primary N) is 1. The van der Waals surface area contributed by atoms with Crippen LogP contribution in [0.5, 0.6) is 5.75 Å². The number of hydrogen-bond donors (Lipinski definition) is 6. The summed E-state index contributed by atoms with van der Waals surface area (Å²) < 4.78 is 15.5. The van der Waals surface area contributed by atoms with E-state index in [1.165, 1.54) is 19.0 Å². The van der Waals surface area contributed by atoms with Gasteiger partial charge in [0.15, 0.2) is 17.1 Å². The summed E-state index contributed by atoms with van der Waals surface area (Å²) in [5, 5.41) is 47.5. The van der Waals surface area contributed by atoms with Gasteiger partial charge in [-0.15, -0.1) is 24.8 Å². The number of nitrogens with one attached hydrogen (secondary N) is 1. The van der Waals surface area contributed by atoms with Crippen LogP contribution in [-0.4, -0.2) is 99.0 Å². The number of likely N-dealkylation sites (N-methyl/N-ethyl adjacent to an activating group) is 2. The lowest BCUT2D eigenvalue weighted by Crippen LogP contribution is -2.65. The molecule has 43 heavy (non-hydrogen) atoms. The monoisotopic (exact) mass is 644 g/mol. The Balaban J connectivity index is 0.00000253. The van der Waals surface area contributed by atoms with Crippen molar-refractivity contribution in [2.24, 2.45) is 17.6 Å². The number of aromatic hydroxyl groups is 1. The average Bonchev–Trinajstić information content (AvgIpc) is 2.89. The lowest BCUT2D eigenvalue weighted by molar-refractivity contribution is -0.153. The summed E-state index contributed by atoms with van der Waals surface area (Å²) in [7, 11) is 4.77. The number of fused-ring (bicyclic) bond motifs is 3. The summed E-state index contributed by atoms with van der Waals surface area (Å²) in [6.07, 6.45) is 1.98. The summed E-state index contributed by atoms with van der Waals surface area (Å²) in [6.45, 7) is 0.696. The number of amides is 2. The lowest BCUT2D eigenvalue weighted by Gasteiger charge is -2.50. The summed E-state index contributed by atoms with van der Waals surface area (Å²) in [5.41, 5.74) is 0.374. The van der Waals surface area contributed by atoms with Crippen LogP contribution in [0.2, 0.25) is 0 Å².